The van der Waals surface area contributed by atoms with E-state index >= 15 is 0 Å². The Hall–Kier alpha value is -2.54. The Balaban J connectivity index is 2.08. The van der Waals surface area contributed by atoms with Gasteiger partial charge in [-0.15, -0.1) is 16.4 Å². The predicted octanol–water partition coefficient (Wildman–Crippen LogP) is 3.62. The van der Waals surface area contributed by atoms with E-state index in [9.17, 15) is 9.18 Å². The molecule has 1 aromatic carbocycles. The quantitative estimate of drug-likeness (QED) is 0.716. The van der Waals surface area contributed by atoms with Gasteiger partial charge in [0.15, 0.2) is 5.82 Å². The Kier molecular flexibility index (Phi) is 4.47. The summed E-state index contributed by atoms with van der Waals surface area (Å²) in [6.45, 7) is 2.37. The molecule has 0 aliphatic heterocycles. The first-order valence-corrected chi connectivity index (χ1v) is 8.01. The molecule has 0 aliphatic rings. The lowest BCUT2D eigenvalue weighted by atomic mass is 10.2. The summed E-state index contributed by atoms with van der Waals surface area (Å²) in [6, 6.07) is 9.65. The second-order valence-corrected chi connectivity index (χ2v) is 5.69. The van der Waals surface area contributed by atoms with Crippen molar-refractivity contribution in [3.05, 3.63) is 52.5 Å². The number of hydrogen-bond acceptors (Lipinski definition) is 5. The monoisotopic (exact) mass is 331 g/mol. The van der Waals surface area contributed by atoms with E-state index in [0.29, 0.717) is 11.5 Å². The van der Waals surface area contributed by atoms with Crippen molar-refractivity contribution in [1.82, 2.24) is 14.8 Å². The molecule has 3 aromatic rings. The molecule has 23 heavy (non-hydrogen) atoms. The first-order chi connectivity index (χ1) is 11.2. The van der Waals surface area contributed by atoms with E-state index in [1.165, 1.54) is 17.4 Å². The summed E-state index contributed by atoms with van der Waals surface area (Å²) in [7, 11) is 0. The number of carbonyl (C=O) groups is 1. The van der Waals surface area contributed by atoms with Gasteiger partial charge in [0.05, 0.1) is 17.0 Å². The number of nitrogens with zero attached hydrogens (tertiary/aromatic N) is 3. The topological polar surface area (TPSA) is 57.0 Å². The summed E-state index contributed by atoms with van der Waals surface area (Å²) in [5.74, 6) is -0.702. The lowest BCUT2D eigenvalue weighted by molar-refractivity contribution is 0.0948. The van der Waals surface area contributed by atoms with E-state index in [2.05, 4.69) is 10.1 Å². The summed E-state index contributed by atoms with van der Waals surface area (Å²) in [6.07, 6.45) is 0.780. The number of ether oxygens (including phenoxy) is 1. The molecule has 0 saturated carbocycles. The maximum atomic E-state index is 14.1. The Morgan fingerprint density at radius 3 is 2.83 bits per heavy atom. The van der Waals surface area contributed by atoms with Crippen LogP contribution in [0.4, 0.5) is 4.39 Å². The van der Waals surface area contributed by atoms with Gasteiger partial charge in [-0.05, 0) is 30.0 Å². The molecule has 2 heterocycles. The second-order valence-electron chi connectivity index (χ2n) is 4.74. The average molecular weight is 331 g/mol. The first-order valence-electron chi connectivity index (χ1n) is 7.13. The minimum absolute atomic E-state index is 0.0648. The highest BCUT2D eigenvalue weighted by atomic mass is 32.1. The fourth-order valence-electron chi connectivity index (χ4n) is 2.01. The fourth-order valence-corrected chi connectivity index (χ4v) is 2.66. The van der Waals surface area contributed by atoms with Crippen LogP contribution in [0, 0.1) is 5.82 Å². The molecular weight excluding hydrogens is 317 g/mol. The summed E-state index contributed by atoms with van der Waals surface area (Å²) >= 11 is 1.29. The Labute approximate surface area is 136 Å². The van der Waals surface area contributed by atoms with Gasteiger partial charge < -0.3 is 4.74 Å². The molecule has 0 N–H and O–H groups in total. The van der Waals surface area contributed by atoms with Crippen molar-refractivity contribution in [2.45, 2.75) is 13.3 Å². The Bertz CT molecular complexity index is 815. The summed E-state index contributed by atoms with van der Waals surface area (Å²) < 4.78 is 20.6. The number of halogens is 1. The summed E-state index contributed by atoms with van der Waals surface area (Å²) in [5.41, 5.74) is 0.205. The standard InChI is InChI=1S/C16H14FN3O2S/c1-2-9-22-16-18-14(11-6-3-4-7-12(11)17)20(19-16)15(21)13-8-5-10-23-13/h3-8,10H,2,9H2,1H3. The number of hydrogen-bond donors (Lipinski definition) is 0. The van der Waals surface area contributed by atoms with Crippen molar-refractivity contribution in [3.63, 3.8) is 0 Å². The second kappa shape index (κ2) is 6.70. The number of rotatable bonds is 5. The molecule has 0 aliphatic carbocycles. The molecule has 7 heteroatoms. The van der Waals surface area contributed by atoms with Crippen LogP contribution in [0.25, 0.3) is 11.4 Å². The third kappa shape index (κ3) is 3.14. The van der Waals surface area contributed by atoms with Crippen LogP contribution in [0.1, 0.15) is 23.0 Å². The Morgan fingerprint density at radius 1 is 1.30 bits per heavy atom. The van der Waals surface area contributed by atoms with Crippen LogP contribution in [0.5, 0.6) is 6.01 Å². The van der Waals surface area contributed by atoms with Gasteiger partial charge >= 0.3 is 6.01 Å². The number of carbonyl (C=O) groups excluding carboxylic acids is 1. The van der Waals surface area contributed by atoms with Crippen LogP contribution in [0.2, 0.25) is 0 Å². The maximum absolute atomic E-state index is 14.1. The van der Waals surface area contributed by atoms with E-state index in [-0.39, 0.29) is 23.3 Å². The average Bonchev–Trinajstić information content (AvgIpc) is 3.22. The smallest absolute Gasteiger partial charge is 0.336 e. The fraction of sp³-hybridized carbons (Fsp3) is 0.188. The molecule has 3 rings (SSSR count). The van der Waals surface area contributed by atoms with Crippen molar-refractivity contribution >= 4 is 17.2 Å². The number of thiophene rings is 1. The summed E-state index contributed by atoms with van der Waals surface area (Å²) in [5, 5.41) is 5.89. The van der Waals surface area contributed by atoms with Crippen molar-refractivity contribution in [1.29, 1.82) is 0 Å². The van der Waals surface area contributed by atoms with Gasteiger partial charge in [0.25, 0.3) is 5.91 Å². The van der Waals surface area contributed by atoms with E-state index in [0.717, 1.165) is 11.1 Å². The minimum atomic E-state index is -0.470. The molecule has 0 amide bonds. The van der Waals surface area contributed by atoms with E-state index in [1.54, 1.807) is 35.7 Å². The molecule has 118 valence electrons. The van der Waals surface area contributed by atoms with Crippen LogP contribution in [0.15, 0.2) is 41.8 Å². The highest BCUT2D eigenvalue weighted by Gasteiger charge is 2.22. The predicted molar refractivity (Wildman–Crippen MR) is 85.2 cm³/mol. The van der Waals surface area contributed by atoms with Crippen LogP contribution < -0.4 is 4.74 Å². The molecule has 0 atom stereocenters. The minimum Gasteiger partial charge on any atom is -0.462 e. The molecular formula is C16H14FN3O2S. The molecule has 0 spiro atoms. The zero-order chi connectivity index (χ0) is 16.2. The SMILES string of the molecule is CCCOc1nc(-c2ccccc2F)n(C(=O)c2cccs2)n1. The number of aromatic nitrogens is 3. The van der Waals surface area contributed by atoms with Crippen LogP contribution >= 0.6 is 11.3 Å². The molecule has 0 saturated heterocycles. The van der Waals surface area contributed by atoms with Gasteiger partial charge in [0.2, 0.25) is 0 Å². The van der Waals surface area contributed by atoms with Gasteiger partial charge in [-0.2, -0.15) is 9.67 Å². The highest BCUT2D eigenvalue weighted by Crippen LogP contribution is 2.24. The number of benzene rings is 1. The third-order valence-electron chi connectivity index (χ3n) is 3.06. The third-order valence-corrected chi connectivity index (χ3v) is 3.92. The van der Waals surface area contributed by atoms with Crippen LogP contribution in [-0.4, -0.2) is 27.3 Å². The van der Waals surface area contributed by atoms with Crippen LogP contribution in [0.3, 0.4) is 0 Å². The molecule has 0 bridgehead atoms. The van der Waals surface area contributed by atoms with E-state index < -0.39 is 5.82 Å². The maximum Gasteiger partial charge on any atom is 0.336 e. The van der Waals surface area contributed by atoms with Gasteiger partial charge in [-0.1, -0.05) is 25.1 Å². The highest BCUT2D eigenvalue weighted by molar-refractivity contribution is 7.12. The van der Waals surface area contributed by atoms with Gasteiger partial charge in [0, 0.05) is 0 Å². The van der Waals surface area contributed by atoms with Crippen molar-refractivity contribution in [2.24, 2.45) is 0 Å². The molecule has 2 aromatic heterocycles. The Morgan fingerprint density at radius 2 is 2.13 bits per heavy atom. The van der Waals surface area contributed by atoms with Gasteiger partial charge in [-0.25, -0.2) is 4.39 Å². The normalized spacial score (nSPS) is 10.7. The molecule has 0 fully saturated rings. The lowest BCUT2D eigenvalue weighted by Gasteiger charge is -2.03. The first kappa shape index (κ1) is 15.4. The van der Waals surface area contributed by atoms with Crippen molar-refractivity contribution in [2.75, 3.05) is 6.61 Å². The van der Waals surface area contributed by atoms with E-state index in [4.69, 9.17) is 4.74 Å². The van der Waals surface area contributed by atoms with Crippen molar-refractivity contribution in [3.8, 4) is 17.4 Å². The van der Waals surface area contributed by atoms with Gasteiger partial charge in [-0.3, -0.25) is 4.79 Å². The largest absolute Gasteiger partial charge is 0.462 e. The lowest BCUT2D eigenvalue weighted by Crippen LogP contribution is -2.14. The molecule has 0 unspecified atom stereocenters. The zero-order valence-corrected chi connectivity index (χ0v) is 13.2. The van der Waals surface area contributed by atoms with Gasteiger partial charge in [0.1, 0.15) is 5.82 Å². The zero-order valence-electron chi connectivity index (χ0n) is 12.4. The summed E-state index contributed by atoms with van der Waals surface area (Å²) in [4.78, 5) is 17.3. The van der Waals surface area contributed by atoms with E-state index in [1.807, 2.05) is 6.92 Å². The van der Waals surface area contributed by atoms with Crippen molar-refractivity contribution < 1.29 is 13.9 Å². The molecule has 0 radical (unpaired) electrons. The van der Waals surface area contributed by atoms with Crippen LogP contribution in [-0.2, 0) is 0 Å². The molecule has 5 nitrogen and oxygen atoms in total.